The molecule has 7 nitrogen and oxygen atoms in total. The van der Waals surface area contributed by atoms with Gasteiger partial charge in [-0.2, -0.15) is 0 Å². The minimum atomic E-state index is -0.935. The normalized spacial score (nSPS) is 21.2. The quantitative estimate of drug-likeness (QED) is 0.773. The van der Waals surface area contributed by atoms with E-state index in [0.717, 1.165) is 25.7 Å². The molecular weight excluding hydrogens is 348 g/mol. The second-order valence-electron chi connectivity index (χ2n) is 7.18. The first-order valence-electron chi connectivity index (χ1n) is 9.43. The van der Waals surface area contributed by atoms with Crippen LogP contribution in [0.5, 0.6) is 5.75 Å². The van der Waals surface area contributed by atoms with Gasteiger partial charge in [-0.1, -0.05) is 12.8 Å². The molecule has 2 atom stereocenters. The Bertz CT molecular complexity index is 697. The SMILES string of the molecule is COc1ccc(NC(=O)[C@H](C)OC(=O)[C@@H]2CC(=O)N(C3CCCC3)C2)cc1. The molecule has 1 saturated heterocycles. The van der Waals surface area contributed by atoms with Crippen LogP contribution < -0.4 is 10.1 Å². The van der Waals surface area contributed by atoms with Crippen molar-refractivity contribution in [1.82, 2.24) is 4.90 Å². The Morgan fingerprint density at radius 3 is 2.48 bits per heavy atom. The number of hydrogen-bond acceptors (Lipinski definition) is 5. The zero-order chi connectivity index (χ0) is 19.4. The Morgan fingerprint density at radius 1 is 1.19 bits per heavy atom. The summed E-state index contributed by atoms with van der Waals surface area (Å²) in [6.07, 6.45) is 3.51. The van der Waals surface area contributed by atoms with Crippen molar-refractivity contribution < 1.29 is 23.9 Å². The van der Waals surface area contributed by atoms with Gasteiger partial charge in [-0.15, -0.1) is 0 Å². The number of likely N-dealkylation sites (tertiary alicyclic amines) is 1. The number of amides is 2. The fraction of sp³-hybridized carbons (Fsp3) is 0.550. The van der Waals surface area contributed by atoms with Crippen molar-refractivity contribution >= 4 is 23.5 Å². The summed E-state index contributed by atoms with van der Waals surface area (Å²) in [6.45, 7) is 1.93. The lowest BCUT2D eigenvalue weighted by molar-refractivity contribution is -0.157. The van der Waals surface area contributed by atoms with Crippen molar-refractivity contribution in [1.29, 1.82) is 0 Å². The Hall–Kier alpha value is -2.57. The van der Waals surface area contributed by atoms with Gasteiger partial charge in [0.05, 0.1) is 13.0 Å². The maximum Gasteiger partial charge on any atom is 0.312 e. The molecule has 27 heavy (non-hydrogen) atoms. The van der Waals surface area contributed by atoms with E-state index in [4.69, 9.17) is 9.47 Å². The first-order chi connectivity index (χ1) is 13.0. The van der Waals surface area contributed by atoms with Crippen LogP contribution in [0.3, 0.4) is 0 Å². The molecule has 1 saturated carbocycles. The molecular formula is C20H26N2O5. The maximum absolute atomic E-state index is 12.4. The molecule has 1 aliphatic carbocycles. The molecule has 1 aliphatic heterocycles. The van der Waals surface area contributed by atoms with Gasteiger partial charge in [0.2, 0.25) is 5.91 Å². The van der Waals surface area contributed by atoms with Gasteiger partial charge in [0.1, 0.15) is 5.75 Å². The molecule has 0 spiro atoms. The Labute approximate surface area is 159 Å². The maximum atomic E-state index is 12.4. The van der Waals surface area contributed by atoms with E-state index in [1.807, 2.05) is 4.90 Å². The summed E-state index contributed by atoms with van der Waals surface area (Å²) in [5, 5.41) is 2.70. The number of ether oxygens (including phenoxy) is 2. The zero-order valence-corrected chi connectivity index (χ0v) is 15.8. The molecule has 1 heterocycles. The van der Waals surface area contributed by atoms with Crippen molar-refractivity contribution in [2.75, 3.05) is 19.0 Å². The number of carbonyl (C=O) groups excluding carboxylic acids is 3. The Balaban J connectivity index is 1.50. The van der Waals surface area contributed by atoms with Crippen LogP contribution >= 0.6 is 0 Å². The van der Waals surface area contributed by atoms with Crippen molar-refractivity contribution in [3.63, 3.8) is 0 Å². The summed E-state index contributed by atoms with van der Waals surface area (Å²) in [4.78, 5) is 38.7. The van der Waals surface area contributed by atoms with Crippen molar-refractivity contribution in [2.24, 2.45) is 5.92 Å². The third-order valence-corrected chi connectivity index (χ3v) is 5.28. The standard InChI is InChI=1S/C20H26N2O5/c1-13(19(24)21-15-7-9-17(26-2)10-8-15)27-20(25)14-11-18(23)22(12-14)16-5-3-4-6-16/h7-10,13-14,16H,3-6,11-12H2,1-2H3,(H,21,24)/t13-,14+/m0/s1. The Kier molecular flexibility index (Phi) is 5.98. The zero-order valence-electron chi connectivity index (χ0n) is 15.8. The van der Waals surface area contributed by atoms with Gasteiger partial charge in [-0.05, 0) is 44.0 Å². The molecule has 2 fully saturated rings. The molecule has 1 aromatic rings. The summed E-state index contributed by atoms with van der Waals surface area (Å²) in [6, 6.07) is 7.13. The number of methoxy groups -OCH3 is 1. The minimum absolute atomic E-state index is 0.0131. The highest BCUT2D eigenvalue weighted by Crippen LogP contribution is 2.30. The van der Waals surface area contributed by atoms with E-state index in [9.17, 15) is 14.4 Å². The van der Waals surface area contributed by atoms with Gasteiger partial charge in [-0.3, -0.25) is 14.4 Å². The van der Waals surface area contributed by atoms with Gasteiger partial charge < -0.3 is 19.7 Å². The molecule has 0 radical (unpaired) electrons. The number of hydrogen-bond donors (Lipinski definition) is 1. The highest BCUT2D eigenvalue weighted by Gasteiger charge is 2.40. The first kappa shape index (κ1) is 19.2. The lowest BCUT2D eigenvalue weighted by atomic mass is 10.1. The highest BCUT2D eigenvalue weighted by molar-refractivity contribution is 5.95. The van der Waals surface area contributed by atoms with E-state index in [2.05, 4.69) is 5.32 Å². The number of anilines is 1. The largest absolute Gasteiger partial charge is 0.497 e. The van der Waals surface area contributed by atoms with Crippen LogP contribution in [0.25, 0.3) is 0 Å². The van der Waals surface area contributed by atoms with Crippen molar-refractivity contribution in [2.45, 2.75) is 51.2 Å². The Morgan fingerprint density at radius 2 is 1.85 bits per heavy atom. The molecule has 2 amide bonds. The van der Waals surface area contributed by atoms with E-state index in [1.165, 1.54) is 6.92 Å². The number of esters is 1. The molecule has 1 N–H and O–H groups in total. The molecule has 3 rings (SSSR count). The molecule has 2 aliphatic rings. The van der Waals surface area contributed by atoms with Crippen LogP contribution in [0.15, 0.2) is 24.3 Å². The van der Waals surface area contributed by atoms with E-state index in [-0.39, 0.29) is 18.4 Å². The van der Waals surface area contributed by atoms with Gasteiger partial charge in [0.15, 0.2) is 6.10 Å². The summed E-state index contributed by atoms with van der Waals surface area (Å²) >= 11 is 0. The monoisotopic (exact) mass is 374 g/mol. The van der Waals surface area contributed by atoms with Crippen LogP contribution in [0.4, 0.5) is 5.69 Å². The number of benzene rings is 1. The highest BCUT2D eigenvalue weighted by atomic mass is 16.5. The van der Waals surface area contributed by atoms with E-state index < -0.39 is 23.9 Å². The fourth-order valence-electron chi connectivity index (χ4n) is 3.70. The van der Waals surface area contributed by atoms with Crippen LogP contribution in [0.2, 0.25) is 0 Å². The van der Waals surface area contributed by atoms with Gasteiger partial charge in [-0.25, -0.2) is 0 Å². The fourth-order valence-corrected chi connectivity index (χ4v) is 3.70. The van der Waals surface area contributed by atoms with E-state index in [0.29, 0.717) is 18.0 Å². The summed E-state index contributed by atoms with van der Waals surface area (Å²) in [5.74, 6) is -0.689. The smallest absolute Gasteiger partial charge is 0.312 e. The topological polar surface area (TPSA) is 84.9 Å². The average molecular weight is 374 g/mol. The number of nitrogens with one attached hydrogen (secondary N) is 1. The summed E-state index contributed by atoms with van der Waals surface area (Å²) < 4.78 is 10.4. The third kappa shape index (κ3) is 4.59. The second kappa shape index (κ2) is 8.41. The summed E-state index contributed by atoms with van der Waals surface area (Å²) in [5.41, 5.74) is 0.590. The second-order valence-corrected chi connectivity index (χ2v) is 7.18. The van der Waals surface area contributed by atoms with Gasteiger partial charge in [0, 0.05) is 24.7 Å². The van der Waals surface area contributed by atoms with Gasteiger partial charge >= 0.3 is 5.97 Å². The number of carbonyl (C=O) groups is 3. The van der Waals surface area contributed by atoms with Crippen LogP contribution in [-0.4, -0.2) is 48.5 Å². The lowest BCUT2D eigenvalue weighted by Gasteiger charge is -2.24. The van der Waals surface area contributed by atoms with Crippen molar-refractivity contribution in [3.05, 3.63) is 24.3 Å². The minimum Gasteiger partial charge on any atom is -0.497 e. The number of nitrogens with zero attached hydrogens (tertiary/aromatic N) is 1. The number of rotatable bonds is 6. The predicted octanol–water partition coefficient (Wildman–Crippen LogP) is 2.36. The lowest BCUT2D eigenvalue weighted by Crippen LogP contribution is -2.36. The van der Waals surface area contributed by atoms with Crippen molar-refractivity contribution in [3.8, 4) is 5.75 Å². The van der Waals surface area contributed by atoms with Crippen LogP contribution in [0, 0.1) is 5.92 Å². The van der Waals surface area contributed by atoms with Gasteiger partial charge in [0.25, 0.3) is 5.91 Å². The third-order valence-electron chi connectivity index (χ3n) is 5.28. The molecule has 1 aromatic carbocycles. The molecule has 146 valence electrons. The van der Waals surface area contributed by atoms with E-state index >= 15 is 0 Å². The molecule has 0 bridgehead atoms. The molecule has 0 aromatic heterocycles. The van der Waals surface area contributed by atoms with Crippen LogP contribution in [0.1, 0.15) is 39.0 Å². The van der Waals surface area contributed by atoms with Crippen LogP contribution in [-0.2, 0) is 19.1 Å². The molecule has 7 heteroatoms. The van der Waals surface area contributed by atoms with E-state index in [1.54, 1.807) is 31.4 Å². The summed E-state index contributed by atoms with van der Waals surface area (Å²) in [7, 11) is 1.57. The predicted molar refractivity (Wildman–Crippen MR) is 99.3 cm³/mol. The average Bonchev–Trinajstić information content (AvgIpc) is 3.31. The first-order valence-corrected chi connectivity index (χ1v) is 9.43. The molecule has 0 unspecified atom stereocenters.